The number of benzene rings is 1. The van der Waals surface area contributed by atoms with Gasteiger partial charge in [0.1, 0.15) is 23.4 Å². The number of halogens is 1. The van der Waals surface area contributed by atoms with Gasteiger partial charge in [0.05, 0.1) is 29.7 Å². The van der Waals surface area contributed by atoms with E-state index in [-0.39, 0.29) is 54.9 Å². The van der Waals surface area contributed by atoms with Crippen molar-refractivity contribution in [2.75, 3.05) is 33.4 Å². The van der Waals surface area contributed by atoms with E-state index in [4.69, 9.17) is 21.1 Å². The standard InChI is InChI=1S/C40H51ClN6O9S2/c1-39(2,3)22-56-38(52)43-29-11-9-7-5-6-8-10-25-17-40(25,37(51)45-58(53,54)26-13-14-26)44-33(48)32-27-20-46(18-24(27)19-47(32)35(29)49)36(50)34-42-30(21-57-34)23-12-15-31(55-4)28(41)16-23/h8,10,12,15-16,21,24-27,29,32H,5-7,9,11,13-14,17-20,22H2,1-4H3,(H,43,52)(H,44,48)(H,45,51)/b10-8-/t24-,25+,27-,29-,32-,40-/m0/s1. The third-order valence-corrected chi connectivity index (χ3v) is 14.5. The number of rotatable bonds is 8. The van der Waals surface area contributed by atoms with E-state index in [0.717, 1.165) is 12.8 Å². The Hall–Kier alpha value is -4.22. The molecule has 0 spiro atoms. The van der Waals surface area contributed by atoms with E-state index >= 15 is 0 Å². The zero-order valence-electron chi connectivity index (χ0n) is 33.1. The largest absolute Gasteiger partial charge is 0.495 e. The molecule has 3 N–H and O–H groups in total. The quantitative estimate of drug-likeness (QED) is 0.318. The van der Waals surface area contributed by atoms with Crippen molar-refractivity contribution in [3.05, 3.63) is 45.8 Å². The van der Waals surface area contributed by atoms with Crippen molar-refractivity contribution in [1.82, 2.24) is 30.1 Å². The smallest absolute Gasteiger partial charge is 0.407 e. The summed E-state index contributed by atoms with van der Waals surface area (Å²) in [6.45, 7) is 6.38. The van der Waals surface area contributed by atoms with Gasteiger partial charge in [0.15, 0.2) is 5.01 Å². The van der Waals surface area contributed by atoms with Crippen LogP contribution in [-0.2, 0) is 29.1 Å². The molecule has 0 unspecified atom stereocenters. The van der Waals surface area contributed by atoms with Gasteiger partial charge in [-0.3, -0.25) is 23.9 Å². The number of hydrogen-bond acceptors (Lipinski definition) is 11. The maximum absolute atomic E-state index is 14.7. The molecule has 15 nitrogen and oxygen atoms in total. The van der Waals surface area contributed by atoms with Crippen LogP contribution in [0, 0.1) is 23.2 Å². The minimum absolute atomic E-state index is 0.118. The van der Waals surface area contributed by atoms with Crippen LogP contribution in [0.5, 0.6) is 5.75 Å². The predicted octanol–water partition coefficient (Wildman–Crippen LogP) is 4.52. The summed E-state index contributed by atoms with van der Waals surface area (Å²) < 4.78 is 38.8. The summed E-state index contributed by atoms with van der Waals surface area (Å²) in [6, 6.07) is 3.12. The average molecular weight is 859 g/mol. The number of hydrogen-bond donors (Lipinski definition) is 3. The molecule has 0 radical (unpaired) electrons. The normalized spacial score (nSPS) is 28.2. The van der Waals surface area contributed by atoms with E-state index in [1.165, 1.54) is 23.3 Å². The van der Waals surface area contributed by atoms with Gasteiger partial charge in [-0.1, -0.05) is 57.4 Å². The molecule has 3 aliphatic heterocycles. The zero-order chi connectivity index (χ0) is 41.6. The van der Waals surface area contributed by atoms with Crippen LogP contribution in [0.2, 0.25) is 5.02 Å². The number of nitrogens with zero attached hydrogens (tertiary/aromatic N) is 3. The molecule has 4 fully saturated rings. The number of ether oxygens (including phenoxy) is 2. The van der Waals surface area contributed by atoms with Crippen molar-refractivity contribution in [3.63, 3.8) is 0 Å². The minimum Gasteiger partial charge on any atom is -0.495 e. The highest BCUT2D eigenvalue weighted by Gasteiger charge is 2.63. The molecule has 0 bridgehead atoms. The first kappa shape index (κ1) is 41.9. The van der Waals surface area contributed by atoms with E-state index in [0.29, 0.717) is 54.1 Å². The van der Waals surface area contributed by atoms with Crippen molar-refractivity contribution in [2.24, 2.45) is 23.2 Å². The molecule has 18 heteroatoms. The number of sulfonamides is 1. The van der Waals surface area contributed by atoms with E-state index in [1.807, 2.05) is 32.9 Å². The SMILES string of the molecule is COc1ccc(-c2csc(C(=O)N3C[C@H]4CN5C(=O)[C@@H](NC(=O)OCC(C)(C)C)CCCCC/C=C\[C@@H]6C[C@]6(C(=O)NS(=O)(=O)C6CC6)NC(=O)[C@@H]5[C@H]4C3)n2)cc1Cl. The molecular weight excluding hydrogens is 808 g/mol. The van der Waals surface area contributed by atoms with Crippen LogP contribution >= 0.6 is 22.9 Å². The van der Waals surface area contributed by atoms with Crippen LogP contribution in [0.25, 0.3) is 11.3 Å². The molecule has 2 saturated heterocycles. The average Bonchev–Trinajstić information content (AvgIpc) is 3.99. The van der Waals surface area contributed by atoms with Gasteiger partial charge in [-0.15, -0.1) is 11.3 Å². The monoisotopic (exact) mass is 858 g/mol. The summed E-state index contributed by atoms with van der Waals surface area (Å²) in [6.07, 6.45) is 7.34. The molecule has 314 valence electrons. The molecular formula is C40H51ClN6O9S2. The molecule has 7 rings (SSSR count). The highest BCUT2D eigenvalue weighted by Crippen LogP contribution is 2.47. The van der Waals surface area contributed by atoms with E-state index in [1.54, 1.807) is 28.5 Å². The van der Waals surface area contributed by atoms with Crippen LogP contribution in [0.1, 0.15) is 81.9 Å². The summed E-state index contributed by atoms with van der Waals surface area (Å²) in [4.78, 5) is 77.9. The second-order valence-corrected chi connectivity index (χ2v) is 20.5. The maximum atomic E-state index is 14.7. The summed E-state index contributed by atoms with van der Waals surface area (Å²) in [7, 11) is -2.40. The summed E-state index contributed by atoms with van der Waals surface area (Å²) >= 11 is 7.53. The molecule has 58 heavy (non-hydrogen) atoms. The summed E-state index contributed by atoms with van der Waals surface area (Å²) in [5, 5.41) is 7.46. The van der Waals surface area contributed by atoms with Gasteiger partial charge in [0, 0.05) is 48.3 Å². The van der Waals surface area contributed by atoms with Gasteiger partial charge in [-0.2, -0.15) is 0 Å². The second kappa shape index (κ2) is 16.4. The number of carbonyl (C=O) groups is 5. The number of alkyl carbamates (subject to hydrolysis) is 1. The third kappa shape index (κ3) is 9.00. The van der Waals surface area contributed by atoms with Crippen molar-refractivity contribution in [1.29, 1.82) is 0 Å². The van der Waals surface area contributed by atoms with Crippen LogP contribution in [0.4, 0.5) is 4.79 Å². The zero-order valence-corrected chi connectivity index (χ0v) is 35.5. The van der Waals surface area contributed by atoms with Crippen LogP contribution in [-0.4, -0.2) is 109 Å². The topological polar surface area (TPSA) is 193 Å². The predicted molar refractivity (Wildman–Crippen MR) is 217 cm³/mol. The Bertz CT molecular complexity index is 2100. The second-order valence-electron chi connectivity index (χ2n) is 17.3. The number of allylic oxidation sites excluding steroid dienone is 1. The van der Waals surface area contributed by atoms with Gasteiger partial charge in [0.25, 0.3) is 11.8 Å². The fourth-order valence-corrected chi connectivity index (χ4v) is 10.6. The van der Waals surface area contributed by atoms with Crippen molar-refractivity contribution < 1.29 is 41.9 Å². The Morgan fingerprint density at radius 1 is 1.09 bits per heavy atom. The first-order valence-corrected chi connectivity index (χ1v) is 22.7. The lowest BCUT2D eigenvalue weighted by Gasteiger charge is -2.33. The third-order valence-electron chi connectivity index (χ3n) is 11.6. The Labute approximate surface area is 347 Å². The lowest BCUT2D eigenvalue weighted by molar-refractivity contribution is -0.142. The fraction of sp³-hybridized carbons (Fsp3) is 0.600. The molecule has 2 aromatic rings. The maximum Gasteiger partial charge on any atom is 0.407 e. The van der Waals surface area contributed by atoms with E-state index in [2.05, 4.69) is 20.3 Å². The first-order chi connectivity index (χ1) is 27.5. The molecule has 2 aliphatic carbocycles. The molecule has 5 amide bonds. The lowest BCUT2D eigenvalue weighted by atomic mass is 9.93. The number of fused-ring (bicyclic) bond motifs is 4. The van der Waals surface area contributed by atoms with Gasteiger partial charge >= 0.3 is 6.09 Å². The first-order valence-electron chi connectivity index (χ1n) is 19.9. The van der Waals surface area contributed by atoms with E-state index in [9.17, 15) is 32.4 Å². The lowest BCUT2D eigenvalue weighted by Crippen LogP contribution is -2.60. The molecule has 2 saturated carbocycles. The molecule has 1 aromatic heterocycles. The molecule has 6 atom stereocenters. The highest BCUT2D eigenvalue weighted by atomic mass is 35.5. The minimum atomic E-state index is -3.92. The van der Waals surface area contributed by atoms with Crippen LogP contribution in [0.15, 0.2) is 35.7 Å². The molecule has 5 aliphatic rings. The number of carbonyl (C=O) groups excluding carboxylic acids is 5. The van der Waals surface area contributed by atoms with Gasteiger partial charge in [-0.25, -0.2) is 18.2 Å². The summed E-state index contributed by atoms with van der Waals surface area (Å²) in [5.41, 5.74) is -0.565. The van der Waals surface area contributed by atoms with Crippen LogP contribution in [0.3, 0.4) is 0 Å². The number of amides is 5. The Kier molecular flexibility index (Phi) is 11.9. The number of nitrogens with one attached hydrogen (secondary N) is 3. The fourth-order valence-electron chi connectivity index (χ4n) is 8.17. The number of likely N-dealkylation sites (tertiary alicyclic amines) is 1. The molecule has 4 heterocycles. The van der Waals surface area contributed by atoms with Crippen molar-refractivity contribution in [2.45, 2.75) is 95.0 Å². The number of methoxy groups -OCH3 is 1. The Morgan fingerprint density at radius 2 is 1.86 bits per heavy atom. The number of aromatic nitrogens is 1. The van der Waals surface area contributed by atoms with Crippen LogP contribution < -0.4 is 20.1 Å². The summed E-state index contributed by atoms with van der Waals surface area (Å²) in [5.74, 6) is -3.00. The molecule has 1 aromatic carbocycles. The highest BCUT2D eigenvalue weighted by molar-refractivity contribution is 7.91. The van der Waals surface area contributed by atoms with Crippen molar-refractivity contribution >= 4 is 62.7 Å². The van der Waals surface area contributed by atoms with Crippen molar-refractivity contribution in [3.8, 4) is 17.0 Å². The van der Waals surface area contributed by atoms with Gasteiger partial charge < -0.3 is 29.9 Å². The van der Waals surface area contributed by atoms with Gasteiger partial charge in [-0.05, 0) is 62.1 Å². The Balaban J connectivity index is 1.16. The number of thiazole rings is 1. The van der Waals surface area contributed by atoms with E-state index < -0.39 is 68.5 Å². The Morgan fingerprint density at radius 3 is 2.57 bits per heavy atom. The van der Waals surface area contributed by atoms with Gasteiger partial charge in [0.2, 0.25) is 21.8 Å².